The standard InChI is InChI=1S/C15H20N2O3/c1-19-13-6-3-2-5-12(13)17-11-15(20-9-14(17)18)7-4-8-16-10-15/h2-3,5-6,16H,4,7-11H2,1H3. The van der Waals surface area contributed by atoms with Crippen molar-refractivity contribution in [1.82, 2.24) is 5.32 Å². The van der Waals surface area contributed by atoms with Gasteiger partial charge < -0.3 is 19.7 Å². The summed E-state index contributed by atoms with van der Waals surface area (Å²) >= 11 is 0. The molecule has 108 valence electrons. The number of piperidine rings is 1. The molecule has 0 saturated carbocycles. The van der Waals surface area contributed by atoms with Gasteiger partial charge in [0, 0.05) is 6.54 Å². The maximum Gasteiger partial charge on any atom is 0.253 e. The fourth-order valence-corrected chi connectivity index (χ4v) is 2.99. The third-order valence-corrected chi connectivity index (χ3v) is 4.06. The number of morpholine rings is 1. The average Bonchev–Trinajstić information content (AvgIpc) is 2.51. The number of hydrogen-bond acceptors (Lipinski definition) is 4. The average molecular weight is 276 g/mol. The summed E-state index contributed by atoms with van der Waals surface area (Å²) in [4.78, 5) is 14.0. The van der Waals surface area contributed by atoms with Crippen LogP contribution < -0.4 is 15.0 Å². The summed E-state index contributed by atoms with van der Waals surface area (Å²) in [5.41, 5.74) is 0.570. The Balaban J connectivity index is 1.88. The molecule has 1 atom stereocenters. The first-order valence-electron chi connectivity index (χ1n) is 7.02. The van der Waals surface area contributed by atoms with Crippen molar-refractivity contribution in [2.45, 2.75) is 18.4 Å². The molecule has 2 fully saturated rings. The number of anilines is 1. The lowest BCUT2D eigenvalue weighted by atomic mass is 9.91. The molecule has 1 amide bonds. The van der Waals surface area contributed by atoms with E-state index >= 15 is 0 Å². The topological polar surface area (TPSA) is 50.8 Å². The molecule has 5 heteroatoms. The first-order chi connectivity index (χ1) is 9.74. The van der Waals surface area contributed by atoms with Gasteiger partial charge in [0.2, 0.25) is 0 Å². The van der Waals surface area contributed by atoms with E-state index < -0.39 is 0 Å². The highest BCUT2D eigenvalue weighted by molar-refractivity contribution is 5.96. The number of amides is 1. The highest BCUT2D eigenvalue weighted by Crippen LogP contribution is 2.33. The molecule has 2 saturated heterocycles. The van der Waals surface area contributed by atoms with E-state index in [9.17, 15) is 4.79 Å². The SMILES string of the molecule is COc1ccccc1N1CC2(CCCNC2)OCC1=O. The summed E-state index contributed by atoms with van der Waals surface area (Å²) in [6, 6.07) is 7.63. The van der Waals surface area contributed by atoms with Crippen molar-refractivity contribution in [3.05, 3.63) is 24.3 Å². The van der Waals surface area contributed by atoms with Crippen LogP contribution in [0.2, 0.25) is 0 Å². The second-order valence-corrected chi connectivity index (χ2v) is 5.40. The minimum absolute atomic E-state index is 0.00861. The van der Waals surface area contributed by atoms with E-state index in [1.165, 1.54) is 0 Å². The van der Waals surface area contributed by atoms with E-state index in [0.717, 1.165) is 37.4 Å². The van der Waals surface area contributed by atoms with Crippen molar-refractivity contribution in [3.63, 3.8) is 0 Å². The van der Waals surface area contributed by atoms with Crippen LogP contribution in [0.4, 0.5) is 5.69 Å². The molecule has 0 aliphatic carbocycles. The van der Waals surface area contributed by atoms with E-state index in [2.05, 4.69) is 5.32 Å². The zero-order chi connectivity index (χ0) is 14.0. The lowest BCUT2D eigenvalue weighted by Gasteiger charge is -2.44. The minimum atomic E-state index is -0.257. The highest BCUT2D eigenvalue weighted by atomic mass is 16.5. The van der Waals surface area contributed by atoms with Crippen LogP contribution in [0.5, 0.6) is 5.75 Å². The number of para-hydroxylation sites is 2. The van der Waals surface area contributed by atoms with Gasteiger partial charge in [-0.2, -0.15) is 0 Å². The van der Waals surface area contributed by atoms with Crippen molar-refractivity contribution < 1.29 is 14.3 Å². The Morgan fingerprint density at radius 2 is 2.25 bits per heavy atom. The number of rotatable bonds is 2. The first kappa shape index (κ1) is 13.4. The molecule has 1 unspecified atom stereocenters. The first-order valence-corrected chi connectivity index (χ1v) is 7.02. The maximum atomic E-state index is 12.2. The number of nitrogens with zero attached hydrogens (tertiary/aromatic N) is 1. The zero-order valence-electron chi connectivity index (χ0n) is 11.7. The highest BCUT2D eigenvalue weighted by Gasteiger charge is 2.41. The Morgan fingerprint density at radius 1 is 1.40 bits per heavy atom. The number of carbonyl (C=O) groups excluding carboxylic acids is 1. The van der Waals surface area contributed by atoms with Gasteiger partial charge in [-0.05, 0) is 31.5 Å². The van der Waals surface area contributed by atoms with E-state index in [1.54, 1.807) is 12.0 Å². The predicted molar refractivity (Wildman–Crippen MR) is 76.1 cm³/mol. The molecule has 0 aromatic heterocycles. The third-order valence-electron chi connectivity index (χ3n) is 4.06. The number of benzene rings is 1. The van der Waals surface area contributed by atoms with Gasteiger partial charge in [-0.1, -0.05) is 12.1 Å². The fourth-order valence-electron chi connectivity index (χ4n) is 2.99. The monoisotopic (exact) mass is 276 g/mol. The van der Waals surface area contributed by atoms with Crippen LogP contribution in [-0.4, -0.2) is 44.9 Å². The van der Waals surface area contributed by atoms with Crippen LogP contribution in [0, 0.1) is 0 Å². The number of carbonyl (C=O) groups is 1. The molecule has 20 heavy (non-hydrogen) atoms. The Labute approximate surface area is 118 Å². The molecular weight excluding hydrogens is 256 g/mol. The van der Waals surface area contributed by atoms with Crippen LogP contribution in [0.15, 0.2) is 24.3 Å². The summed E-state index contributed by atoms with van der Waals surface area (Å²) in [5, 5.41) is 3.37. The number of methoxy groups -OCH3 is 1. The Hall–Kier alpha value is -1.59. The van der Waals surface area contributed by atoms with Gasteiger partial charge in [0.25, 0.3) is 5.91 Å². The fraction of sp³-hybridized carbons (Fsp3) is 0.533. The van der Waals surface area contributed by atoms with Crippen molar-refractivity contribution in [1.29, 1.82) is 0 Å². The van der Waals surface area contributed by atoms with E-state index in [0.29, 0.717) is 6.54 Å². The molecule has 2 aliphatic rings. The molecule has 1 aromatic carbocycles. The smallest absolute Gasteiger partial charge is 0.253 e. The molecule has 2 heterocycles. The van der Waals surface area contributed by atoms with Crippen molar-refractivity contribution in [3.8, 4) is 5.75 Å². The zero-order valence-corrected chi connectivity index (χ0v) is 11.7. The summed E-state index contributed by atoms with van der Waals surface area (Å²) in [7, 11) is 1.63. The van der Waals surface area contributed by atoms with Gasteiger partial charge in [0.15, 0.2) is 0 Å². The van der Waals surface area contributed by atoms with Crippen molar-refractivity contribution >= 4 is 11.6 Å². The lowest BCUT2D eigenvalue weighted by Crippen LogP contribution is -2.60. The van der Waals surface area contributed by atoms with Gasteiger partial charge in [0.1, 0.15) is 12.4 Å². The summed E-state index contributed by atoms with van der Waals surface area (Å²) < 4.78 is 11.2. The Bertz CT molecular complexity index is 498. The van der Waals surface area contributed by atoms with E-state index in [1.807, 2.05) is 24.3 Å². The number of nitrogens with one attached hydrogen (secondary N) is 1. The normalized spacial score (nSPS) is 26.9. The Kier molecular flexibility index (Phi) is 3.63. The van der Waals surface area contributed by atoms with Gasteiger partial charge in [-0.3, -0.25) is 4.79 Å². The summed E-state index contributed by atoms with van der Waals surface area (Å²) in [6.07, 6.45) is 2.06. The van der Waals surface area contributed by atoms with E-state index in [4.69, 9.17) is 9.47 Å². The number of hydrogen-bond donors (Lipinski definition) is 1. The molecular formula is C15H20N2O3. The van der Waals surface area contributed by atoms with E-state index in [-0.39, 0.29) is 18.1 Å². The van der Waals surface area contributed by atoms with Crippen LogP contribution in [0.25, 0.3) is 0 Å². The van der Waals surface area contributed by atoms with Crippen LogP contribution in [0.1, 0.15) is 12.8 Å². The Morgan fingerprint density at radius 3 is 3.00 bits per heavy atom. The minimum Gasteiger partial charge on any atom is -0.495 e. The molecule has 5 nitrogen and oxygen atoms in total. The number of ether oxygens (including phenoxy) is 2. The molecule has 3 rings (SSSR count). The lowest BCUT2D eigenvalue weighted by molar-refractivity contribution is -0.140. The molecule has 0 radical (unpaired) electrons. The molecule has 1 aromatic rings. The van der Waals surface area contributed by atoms with Crippen LogP contribution >= 0.6 is 0 Å². The van der Waals surface area contributed by atoms with Crippen molar-refractivity contribution in [2.24, 2.45) is 0 Å². The molecule has 2 aliphatic heterocycles. The molecule has 1 spiro atoms. The second kappa shape index (κ2) is 5.42. The van der Waals surface area contributed by atoms with Crippen molar-refractivity contribution in [2.75, 3.05) is 38.3 Å². The molecule has 0 bridgehead atoms. The summed E-state index contributed by atoms with van der Waals surface area (Å²) in [6.45, 7) is 2.54. The van der Waals surface area contributed by atoms with Gasteiger partial charge in [0.05, 0.1) is 24.9 Å². The third kappa shape index (κ3) is 2.39. The van der Waals surface area contributed by atoms with Gasteiger partial charge >= 0.3 is 0 Å². The maximum absolute atomic E-state index is 12.2. The quantitative estimate of drug-likeness (QED) is 0.881. The second-order valence-electron chi connectivity index (χ2n) is 5.40. The van der Waals surface area contributed by atoms with Crippen LogP contribution in [0.3, 0.4) is 0 Å². The molecule has 1 N–H and O–H groups in total. The summed E-state index contributed by atoms with van der Waals surface area (Å²) in [5.74, 6) is 0.715. The van der Waals surface area contributed by atoms with Crippen LogP contribution in [-0.2, 0) is 9.53 Å². The van der Waals surface area contributed by atoms with Gasteiger partial charge in [-0.25, -0.2) is 0 Å². The predicted octanol–water partition coefficient (Wildman–Crippen LogP) is 1.18. The largest absolute Gasteiger partial charge is 0.495 e. The van der Waals surface area contributed by atoms with Gasteiger partial charge in [-0.15, -0.1) is 0 Å².